The average Bonchev–Trinajstić information content (AvgIpc) is 2.91. The second-order valence-electron chi connectivity index (χ2n) is 3.97. The number of fused-ring (bicyclic) bond motifs is 1. The molecule has 0 aliphatic carbocycles. The van der Waals surface area contributed by atoms with Crippen molar-refractivity contribution in [2.45, 2.75) is 4.90 Å². The van der Waals surface area contributed by atoms with Crippen molar-refractivity contribution in [3.63, 3.8) is 0 Å². The van der Waals surface area contributed by atoms with Gasteiger partial charge in [-0.25, -0.2) is 0 Å². The van der Waals surface area contributed by atoms with Gasteiger partial charge < -0.3 is 9.47 Å². The molecule has 2 aromatic carbocycles. The Morgan fingerprint density at radius 3 is 2.15 bits per heavy atom. The Kier molecular flexibility index (Phi) is 5.32. The SMILES string of the molecule is COc1ccccc1S.COc1csc2ccccc12. The minimum absolute atomic E-state index is 0.820. The lowest BCUT2D eigenvalue weighted by Gasteiger charge is -1.99. The maximum absolute atomic E-state index is 5.18. The van der Waals surface area contributed by atoms with Crippen LogP contribution in [0.5, 0.6) is 11.5 Å². The molecule has 3 rings (SSSR count). The largest absolute Gasteiger partial charge is 0.496 e. The van der Waals surface area contributed by atoms with Crippen LogP contribution in [0.25, 0.3) is 10.1 Å². The molecule has 1 heterocycles. The average molecular weight is 304 g/mol. The molecule has 0 aliphatic rings. The minimum atomic E-state index is 0.820. The number of rotatable bonds is 2. The Morgan fingerprint density at radius 2 is 1.50 bits per heavy atom. The lowest BCUT2D eigenvalue weighted by Crippen LogP contribution is -1.81. The number of methoxy groups -OCH3 is 2. The van der Waals surface area contributed by atoms with Crippen LogP contribution in [0.15, 0.2) is 58.8 Å². The molecule has 0 radical (unpaired) electrons. The number of ether oxygens (including phenoxy) is 2. The van der Waals surface area contributed by atoms with Crippen molar-refractivity contribution in [2.24, 2.45) is 0 Å². The van der Waals surface area contributed by atoms with Crippen LogP contribution >= 0.6 is 24.0 Å². The monoisotopic (exact) mass is 304 g/mol. The molecule has 0 saturated heterocycles. The zero-order valence-electron chi connectivity index (χ0n) is 11.4. The highest BCUT2D eigenvalue weighted by Gasteiger charge is 2.00. The molecule has 20 heavy (non-hydrogen) atoms. The molecule has 0 aliphatic heterocycles. The third kappa shape index (κ3) is 3.46. The van der Waals surface area contributed by atoms with Gasteiger partial charge in [0.25, 0.3) is 0 Å². The summed E-state index contributed by atoms with van der Waals surface area (Å²) in [5.74, 6) is 1.80. The van der Waals surface area contributed by atoms with Crippen LogP contribution in [0.4, 0.5) is 0 Å². The first-order chi connectivity index (χ1) is 9.76. The maximum Gasteiger partial charge on any atom is 0.137 e. The first-order valence-electron chi connectivity index (χ1n) is 6.08. The fraction of sp³-hybridized carbons (Fsp3) is 0.125. The van der Waals surface area contributed by atoms with Gasteiger partial charge in [0.05, 0.1) is 14.2 Å². The molecule has 0 fully saturated rings. The summed E-state index contributed by atoms with van der Waals surface area (Å²) in [5, 5.41) is 3.24. The molecule has 2 nitrogen and oxygen atoms in total. The second kappa shape index (κ2) is 7.22. The van der Waals surface area contributed by atoms with Gasteiger partial charge in [0.2, 0.25) is 0 Å². The van der Waals surface area contributed by atoms with Crippen LogP contribution in [0.3, 0.4) is 0 Å². The Morgan fingerprint density at radius 1 is 0.850 bits per heavy atom. The zero-order valence-corrected chi connectivity index (χ0v) is 13.1. The van der Waals surface area contributed by atoms with E-state index < -0.39 is 0 Å². The Hall–Kier alpha value is -1.65. The van der Waals surface area contributed by atoms with Gasteiger partial charge in [-0.05, 0) is 24.3 Å². The number of thiol groups is 1. The normalized spacial score (nSPS) is 9.75. The van der Waals surface area contributed by atoms with Crippen LogP contribution in [-0.4, -0.2) is 14.2 Å². The van der Waals surface area contributed by atoms with Crippen molar-refractivity contribution < 1.29 is 9.47 Å². The van der Waals surface area contributed by atoms with E-state index in [2.05, 4.69) is 24.8 Å². The van der Waals surface area contributed by atoms with Crippen LogP contribution < -0.4 is 9.47 Å². The fourth-order valence-electron chi connectivity index (χ4n) is 1.74. The van der Waals surface area contributed by atoms with E-state index in [1.54, 1.807) is 25.6 Å². The van der Waals surface area contributed by atoms with Crippen LogP contribution in [0, 0.1) is 0 Å². The van der Waals surface area contributed by atoms with Gasteiger partial charge in [-0.2, -0.15) is 0 Å². The summed E-state index contributed by atoms with van der Waals surface area (Å²) in [5.41, 5.74) is 0. The van der Waals surface area contributed by atoms with E-state index in [9.17, 15) is 0 Å². The lowest BCUT2D eigenvalue weighted by atomic mass is 10.2. The van der Waals surface area contributed by atoms with Crippen molar-refractivity contribution in [3.8, 4) is 11.5 Å². The summed E-state index contributed by atoms with van der Waals surface area (Å²) in [7, 11) is 3.34. The van der Waals surface area contributed by atoms with Crippen molar-refractivity contribution in [1.29, 1.82) is 0 Å². The fourth-order valence-corrected chi connectivity index (χ4v) is 2.90. The first-order valence-corrected chi connectivity index (χ1v) is 7.41. The first kappa shape index (κ1) is 14.8. The summed E-state index contributed by atoms with van der Waals surface area (Å²) in [6.45, 7) is 0. The molecule has 0 saturated carbocycles. The summed E-state index contributed by atoms with van der Waals surface area (Å²) < 4.78 is 11.4. The smallest absolute Gasteiger partial charge is 0.137 e. The van der Waals surface area contributed by atoms with Gasteiger partial charge in [-0.1, -0.05) is 24.3 Å². The van der Waals surface area contributed by atoms with Crippen LogP contribution in [-0.2, 0) is 0 Å². The minimum Gasteiger partial charge on any atom is -0.496 e. The summed E-state index contributed by atoms with van der Waals surface area (Å²) in [4.78, 5) is 0.875. The quantitative estimate of drug-likeness (QED) is 0.679. The van der Waals surface area contributed by atoms with Gasteiger partial charge in [0.1, 0.15) is 11.5 Å². The lowest BCUT2D eigenvalue weighted by molar-refractivity contribution is 0.405. The molecule has 104 valence electrons. The van der Waals surface area contributed by atoms with E-state index in [1.165, 1.54) is 10.1 Å². The van der Waals surface area contributed by atoms with Crippen LogP contribution in [0.1, 0.15) is 0 Å². The molecule has 0 amide bonds. The molecule has 1 aromatic heterocycles. The third-order valence-electron chi connectivity index (χ3n) is 2.75. The topological polar surface area (TPSA) is 18.5 Å². The number of benzene rings is 2. The maximum atomic E-state index is 5.18. The van der Waals surface area contributed by atoms with Gasteiger partial charge >= 0.3 is 0 Å². The molecule has 0 bridgehead atoms. The van der Waals surface area contributed by atoms with Crippen molar-refractivity contribution in [2.75, 3.05) is 14.2 Å². The van der Waals surface area contributed by atoms with Gasteiger partial charge in [0.15, 0.2) is 0 Å². The van der Waals surface area contributed by atoms with E-state index >= 15 is 0 Å². The highest BCUT2D eigenvalue weighted by Crippen LogP contribution is 2.31. The second-order valence-corrected chi connectivity index (χ2v) is 5.37. The molecule has 3 aromatic rings. The number of thiophene rings is 1. The molecule has 0 atom stereocenters. The summed E-state index contributed by atoms with van der Waals surface area (Å²) in [6.07, 6.45) is 0. The molecule has 4 heteroatoms. The highest BCUT2D eigenvalue weighted by atomic mass is 32.1. The van der Waals surface area contributed by atoms with E-state index in [-0.39, 0.29) is 0 Å². The molecular weight excluding hydrogens is 288 g/mol. The molecule has 0 spiro atoms. The Balaban J connectivity index is 0.000000151. The molecule has 0 unspecified atom stereocenters. The molecule has 0 N–H and O–H groups in total. The van der Waals surface area contributed by atoms with Crippen molar-refractivity contribution in [1.82, 2.24) is 0 Å². The molecular formula is C16H16O2S2. The van der Waals surface area contributed by atoms with E-state index in [1.807, 2.05) is 41.8 Å². The number of hydrogen-bond donors (Lipinski definition) is 1. The van der Waals surface area contributed by atoms with Crippen molar-refractivity contribution in [3.05, 3.63) is 53.9 Å². The number of para-hydroxylation sites is 1. The van der Waals surface area contributed by atoms with Crippen LogP contribution in [0.2, 0.25) is 0 Å². The summed E-state index contributed by atoms with van der Waals surface area (Å²) >= 11 is 5.87. The standard InChI is InChI=1S/C9H8OS.C7H8OS/c1-10-8-6-11-9-5-3-2-4-7(8)9;1-8-6-4-2-3-5-7(6)9/h2-6H,1H3;2-5,9H,1H3. The summed E-state index contributed by atoms with van der Waals surface area (Å²) in [6, 6.07) is 15.8. The Bertz CT molecular complexity index is 677. The van der Waals surface area contributed by atoms with E-state index in [0.29, 0.717) is 0 Å². The van der Waals surface area contributed by atoms with Gasteiger partial charge in [-0.3, -0.25) is 0 Å². The van der Waals surface area contributed by atoms with Crippen molar-refractivity contribution >= 4 is 34.1 Å². The van der Waals surface area contributed by atoms with E-state index in [0.717, 1.165) is 16.4 Å². The predicted molar refractivity (Wildman–Crippen MR) is 88.6 cm³/mol. The third-order valence-corrected chi connectivity index (χ3v) is 4.06. The van der Waals surface area contributed by atoms with E-state index in [4.69, 9.17) is 9.47 Å². The highest BCUT2D eigenvalue weighted by molar-refractivity contribution is 7.80. The van der Waals surface area contributed by atoms with Gasteiger partial charge in [0, 0.05) is 20.4 Å². The zero-order chi connectivity index (χ0) is 14.4. The number of hydrogen-bond acceptors (Lipinski definition) is 4. The van der Waals surface area contributed by atoms with Gasteiger partial charge in [-0.15, -0.1) is 24.0 Å². The predicted octanol–water partition coefficient (Wildman–Crippen LogP) is 4.89. The Labute approximate surface area is 128 Å².